The summed E-state index contributed by atoms with van der Waals surface area (Å²) in [6.07, 6.45) is 3.34. The number of anilines is 1. The number of benzene rings is 4. The number of carbonyl (C=O) groups excluding carboxylic acids is 1. The largest absolute Gasteiger partial charge is 0.453 e. The van der Waals surface area contributed by atoms with Gasteiger partial charge in [0.05, 0.1) is 22.8 Å². The van der Waals surface area contributed by atoms with Gasteiger partial charge in [0.2, 0.25) is 11.7 Å². The zero-order chi connectivity index (χ0) is 28.6. The van der Waals surface area contributed by atoms with Gasteiger partial charge in [0, 0.05) is 28.0 Å². The van der Waals surface area contributed by atoms with E-state index < -0.39 is 5.82 Å². The zero-order valence-corrected chi connectivity index (χ0v) is 22.1. The van der Waals surface area contributed by atoms with Gasteiger partial charge in [-0.2, -0.15) is 9.78 Å². The van der Waals surface area contributed by atoms with E-state index >= 15 is 0 Å². The molecule has 0 saturated heterocycles. The van der Waals surface area contributed by atoms with Crippen LogP contribution in [0, 0.1) is 5.82 Å². The van der Waals surface area contributed by atoms with Gasteiger partial charge < -0.3 is 14.3 Å². The van der Waals surface area contributed by atoms with Crippen LogP contribution in [0.4, 0.5) is 10.1 Å². The SMILES string of the molecule is O=C(Cn1cc(C=Nn2c(-c3cc4ccccc4o3)nc3ccccc3c2=O)c2ccccc21)Nc1ccccc1F. The fraction of sp³-hybridized carbons (Fsp3) is 0.0303. The molecule has 42 heavy (non-hydrogen) atoms. The van der Waals surface area contributed by atoms with Crippen molar-refractivity contribution in [3.63, 3.8) is 0 Å². The number of carbonyl (C=O) groups is 1. The van der Waals surface area contributed by atoms with Gasteiger partial charge in [0.15, 0.2) is 5.76 Å². The lowest BCUT2D eigenvalue weighted by Crippen LogP contribution is -2.20. The average Bonchev–Trinajstić information content (AvgIpc) is 3.59. The molecule has 8 nitrogen and oxygen atoms in total. The van der Waals surface area contributed by atoms with Crippen molar-refractivity contribution < 1.29 is 13.6 Å². The minimum Gasteiger partial charge on any atom is -0.453 e. The number of rotatable bonds is 6. The number of para-hydroxylation sites is 4. The third-order valence-electron chi connectivity index (χ3n) is 6.99. The molecule has 9 heteroatoms. The number of nitrogens with one attached hydrogen (secondary N) is 1. The molecule has 0 bridgehead atoms. The zero-order valence-electron chi connectivity index (χ0n) is 22.1. The minimum absolute atomic E-state index is 0.0512. The Kier molecular flexibility index (Phi) is 6.16. The topological polar surface area (TPSA) is 94.4 Å². The van der Waals surface area contributed by atoms with Gasteiger partial charge in [-0.1, -0.05) is 60.7 Å². The summed E-state index contributed by atoms with van der Waals surface area (Å²) in [6, 6.07) is 30.0. The summed E-state index contributed by atoms with van der Waals surface area (Å²) < 4.78 is 23.1. The van der Waals surface area contributed by atoms with Crippen molar-refractivity contribution in [1.29, 1.82) is 0 Å². The number of fused-ring (bicyclic) bond motifs is 3. The van der Waals surface area contributed by atoms with Crippen molar-refractivity contribution in [2.45, 2.75) is 6.54 Å². The fourth-order valence-electron chi connectivity index (χ4n) is 5.02. The molecule has 0 aliphatic rings. The van der Waals surface area contributed by atoms with Gasteiger partial charge in [-0.3, -0.25) is 9.59 Å². The van der Waals surface area contributed by atoms with Gasteiger partial charge in [0.1, 0.15) is 17.9 Å². The molecule has 0 spiro atoms. The fourth-order valence-corrected chi connectivity index (χ4v) is 5.02. The maximum Gasteiger partial charge on any atom is 0.282 e. The molecular formula is C33H22FN5O3. The highest BCUT2D eigenvalue weighted by Gasteiger charge is 2.17. The van der Waals surface area contributed by atoms with Crippen LogP contribution in [0.15, 0.2) is 124 Å². The van der Waals surface area contributed by atoms with E-state index in [9.17, 15) is 14.0 Å². The molecule has 7 rings (SSSR count). The van der Waals surface area contributed by atoms with Gasteiger partial charge >= 0.3 is 0 Å². The molecule has 3 aromatic heterocycles. The molecule has 0 aliphatic carbocycles. The monoisotopic (exact) mass is 555 g/mol. The molecule has 4 aromatic carbocycles. The first-order chi connectivity index (χ1) is 20.5. The van der Waals surface area contributed by atoms with Crippen molar-refractivity contribution in [1.82, 2.24) is 14.2 Å². The van der Waals surface area contributed by atoms with E-state index in [0.29, 0.717) is 27.8 Å². The van der Waals surface area contributed by atoms with E-state index in [1.54, 1.807) is 47.3 Å². The Labute approximate surface area is 238 Å². The van der Waals surface area contributed by atoms with Crippen LogP contribution in [-0.4, -0.2) is 26.3 Å². The molecule has 0 unspecified atom stereocenters. The molecular weight excluding hydrogens is 533 g/mol. The highest BCUT2D eigenvalue weighted by molar-refractivity contribution is 6.00. The summed E-state index contributed by atoms with van der Waals surface area (Å²) in [5, 5.41) is 9.33. The number of aromatic nitrogens is 3. The van der Waals surface area contributed by atoms with Crippen LogP contribution < -0.4 is 10.9 Å². The molecule has 1 amide bonds. The van der Waals surface area contributed by atoms with Crippen LogP contribution in [0.25, 0.3) is 44.4 Å². The minimum atomic E-state index is -0.509. The van der Waals surface area contributed by atoms with Crippen molar-refractivity contribution in [2.24, 2.45) is 5.10 Å². The molecule has 0 saturated carbocycles. The van der Waals surface area contributed by atoms with Crippen LogP contribution in [0.2, 0.25) is 0 Å². The lowest BCUT2D eigenvalue weighted by molar-refractivity contribution is -0.116. The third-order valence-corrected chi connectivity index (χ3v) is 6.99. The molecule has 1 N–H and O–H groups in total. The molecule has 7 aromatic rings. The molecule has 3 heterocycles. The van der Waals surface area contributed by atoms with Crippen LogP contribution in [0.5, 0.6) is 0 Å². The Morgan fingerprint density at radius 1 is 0.929 bits per heavy atom. The van der Waals surface area contributed by atoms with Crippen molar-refractivity contribution >= 4 is 50.6 Å². The maximum absolute atomic E-state index is 14.1. The Morgan fingerprint density at radius 3 is 2.52 bits per heavy atom. The molecule has 0 atom stereocenters. The second-order valence-corrected chi connectivity index (χ2v) is 9.72. The maximum atomic E-state index is 14.1. The number of amides is 1. The van der Waals surface area contributed by atoms with Gasteiger partial charge in [-0.15, -0.1) is 0 Å². The predicted molar refractivity (Wildman–Crippen MR) is 161 cm³/mol. The van der Waals surface area contributed by atoms with Crippen molar-refractivity contribution in [3.8, 4) is 11.6 Å². The van der Waals surface area contributed by atoms with Crippen LogP contribution >= 0.6 is 0 Å². The number of furan rings is 1. The first kappa shape index (κ1) is 25.2. The van der Waals surface area contributed by atoms with E-state index in [1.165, 1.54) is 16.8 Å². The number of hydrogen-bond acceptors (Lipinski definition) is 5. The van der Waals surface area contributed by atoms with Crippen LogP contribution in [0.3, 0.4) is 0 Å². The Hall–Kier alpha value is -5.83. The summed E-state index contributed by atoms with van der Waals surface area (Å²) in [5.41, 5.74) is 2.43. The standard InChI is InChI=1S/C33H22FN5O3/c34-25-12-4-6-14-27(25)36-31(40)20-38-19-22(23-10-3-7-15-28(23)38)18-35-39-32(30-17-21-9-1-8-16-29(21)42-30)37-26-13-5-2-11-24(26)33(39)41/h1-19H,20H2,(H,36,40). The van der Waals surface area contributed by atoms with Crippen molar-refractivity contribution in [2.75, 3.05) is 5.32 Å². The first-order valence-electron chi connectivity index (χ1n) is 13.2. The molecule has 0 aliphatic heterocycles. The normalized spacial score (nSPS) is 11.6. The highest BCUT2D eigenvalue weighted by Crippen LogP contribution is 2.27. The van der Waals surface area contributed by atoms with Crippen molar-refractivity contribution in [3.05, 3.63) is 131 Å². The molecule has 204 valence electrons. The van der Waals surface area contributed by atoms with E-state index in [-0.39, 0.29) is 29.5 Å². The summed E-state index contributed by atoms with van der Waals surface area (Å²) >= 11 is 0. The molecule has 0 fully saturated rings. The Balaban J connectivity index is 1.30. The second-order valence-electron chi connectivity index (χ2n) is 9.72. The lowest BCUT2D eigenvalue weighted by atomic mass is 10.2. The quantitative estimate of drug-likeness (QED) is 0.240. The van der Waals surface area contributed by atoms with Crippen LogP contribution in [0.1, 0.15) is 5.56 Å². The predicted octanol–water partition coefficient (Wildman–Crippen LogP) is 6.42. The van der Waals surface area contributed by atoms with E-state index in [4.69, 9.17) is 9.40 Å². The highest BCUT2D eigenvalue weighted by atomic mass is 19.1. The number of nitrogens with zero attached hydrogens (tertiary/aromatic N) is 4. The van der Waals surface area contributed by atoms with E-state index in [1.807, 2.05) is 60.7 Å². The number of halogens is 1. The Morgan fingerprint density at radius 2 is 1.67 bits per heavy atom. The van der Waals surface area contributed by atoms with Gasteiger partial charge in [0.25, 0.3) is 5.56 Å². The molecule has 0 radical (unpaired) electrons. The number of hydrogen-bond donors (Lipinski definition) is 1. The van der Waals surface area contributed by atoms with E-state index in [2.05, 4.69) is 10.4 Å². The summed E-state index contributed by atoms with van der Waals surface area (Å²) in [5.74, 6) is -0.222. The Bertz CT molecular complexity index is 2190. The lowest BCUT2D eigenvalue weighted by Gasteiger charge is -2.08. The van der Waals surface area contributed by atoms with Gasteiger partial charge in [-0.05, 0) is 42.5 Å². The summed E-state index contributed by atoms with van der Waals surface area (Å²) in [7, 11) is 0. The third kappa shape index (κ3) is 4.52. The van der Waals surface area contributed by atoms with Gasteiger partial charge in [-0.25, -0.2) is 9.37 Å². The van der Waals surface area contributed by atoms with E-state index in [0.717, 1.165) is 16.3 Å². The average molecular weight is 556 g/mol. The summed E-state index contributed by atoms with van der Waals surface area (Å²) in [6.45, 7) is -0.0512. The second kappa shape index (κ2) is 10.3. The smallest absolute Gasteiger partial charge is 0.282 e. The summed E-state index contributed by atoms with van der Waals surface area (Å²) in [4.78, 5) is 31.2. The first-order valence-corrected chi connectivity index (χ1v) is 13.2. The van der Waals surface area contributed by atoms with Crippen LogP contribution in [-0.2, 0) is 11.3 Å².